The van der Waals surface area contributed by atoms with E-state index >= 15 is 0 Å². The number of aliphatic carboxylic acids is 2. The van der Waals surface area contributed by atoms with Crippen LogP contribution < -0.4 is 16.0 Å². The smallest absolute Gasteiger partial charge is 0.339 e. The van der Waals surface area contributed by atoms with Gasteiger partial charge in [0.2, 0.25) is 16.9 Å². The average molecular weight is 1300 g/mol. The maximum atomic E-state index is 13.4. The third-order valence-corrected chi connectivity index (χ3v) is 20.6. The highest BCUT2D eigenvalue weighted by molar-refractivity contribution is 8.77. The number of fused-ring (bicyclic) bond motifs is 7. The number of nitrogens with zero attached hydrogens (tertiary/aromatic N) is 1. The Labute approximate surface area is 524 Å². The van der Waals surface area contributed by atoms with Gasteiger partial charge in [-0.05, 0) is 119 Å². The topological polar surface area (TPSA) is 445 Å². The summed E-state index contributed by atoms with van der Waals surface area (Å²) >= 11 is 0. The first-order valence-corrected chi connectivity index (χ1v) is 31.8. The molecule has 25 nitrogen and oxygen atoms in total. The summed E-state index contributed by atoms with van der Waals surface area (Å²) in [5, 5.41) is 150. The normalized spacial score (nSPS) is 22.9. The van der Waals surface area contributed by atoms with Crippen LogP contribution in [0.5, 0.6) is 46.0 Å². The van der Waals surface area contributed by atoms with Gasteiger partial charge in [-0.15, -0.1) is 0 Å². The number of carboxylic acids is 2. The molecule has 2 aromatic heterocycles. The molecule has 0 radical (unpaired) electrons. The summed E-state index contributed by atoms with van der Waals surface area (Å²) < 4.78 is 16.4. The van der Waals surface area contributed by atoms with Gasteiger partial charge in [0.05, 0.1) is 35.1 Å². The fraction of sp³-hybridized carbons (Fsp3) is 0.406. The van der Waals surface area contributed by atoms with Crippen LogP contribution in [0, 0.1) is 18.8 Å². The molecule has 2 fully saturated rings. The maximum absolute atomic E-state index is 13.4. The number of aryl methyl sites for hydroxylation is 4. The van der Waals surface area contributed by atoms with Gasteiger partial charge >= 0.3 is 17.6 Å². The summed E-state index contributed by atoms with van der Waals surface area (Å²) in [6.07, 6.45) is 4.21. The molecule has 27 heteroatoms. The molecule has 13 rings (SSSR count). The number of hydrogen-bond donors (Lipinski definition) is 15. The van der Waals surface area contributed by atoms with Crippen LogP contribution in [0.1, 0.15) is 118 Å². The second-order valence-corrected chi connectivity index (χ2v) is 26.1. The number of hydrogen-bond acceptors (Lipinski definition) is 25. The molecule has 0 saturated carbocycles. The summed E-state index contributed by atoms with van der Waals surface area (Å²) in [5.74, 6) is -13.4. The van der Waals surface area contributed by atoms with Crippen LogP contribution in [-0.2, 0) is 40.0 Å². The summed E-state index contributed by atoms with van der Waals surface area (Å²) in [7, 11) is 3.92. The van der Waals surface area contributed by atoms with Gasteiger partial charge in [-0.3, -0.25) is 19.2 Å². The summed E-state index contributed by atoms with van der Waals surface area (Å²) in [5.41, 5.74) is 3.33. The average Bonchev–Trinajstić information content (AvgIpc) is 1.73. The molecular weight excluding hydrogens is 1230 g/mol. The predicted octanol–water partition coefficient (Wildman–Crippen LogP) is 6.85. The van der Waals surface area contributed by atoms with E-state index in [0.29, 0.717) is 12.0 Å². The minimum Gasteiger partial charge on any atom is -0.508 e. The first kappa shape index (κ1) is 65.5. The van der Waals surface area contributed by atoms with E-state index < -0.39 is 157 Å². The van der Waals surface area contributed by atoms with Crippen molar-refractivity contribution in [3.63, 3.8) is 0 Å². The minimum absolute atomic E-state index is 0.0763. The van der Waals surface area contributed by atoms with Crippen molar-refractivity contribution in [1.29, 1.82) is 0 Å². The molecule has 6 unspecified atom stereocenters. The Kier molecular flexibility index (Phi) is 19.0. The van der Waals surface area contributed by atoms with Crippen LogP contribution in [0.15, 0.2) is 71.7 Å². The lowest BCUT2D eigenvalue weighted by Gasteiger charge is -2.41. The number of phenols is 7. The van der Waals surface area contributed by atoms with Crippen molar-refractivity contribution < 1.29 is 109 Å². The number of benzene rings is 4. The second-order valence-electron chi connectivity index (χ2n) is 23.3. The van der Waals surface area contributed by atoms with Gasteiger partial charge in [0.15, 0.2) is 40.2 Å². The zero-order chi connectivity index (χ0) is 65.8. The number of Topliss-reactive ketones (excluding diaryl/α,β-unsaturated/α-hetero) is 2. The van der Waals surface area contributed by atoms with Gasteiger partial charge in [-0.2, -0.15) is 0 Å². The highest BCUT2D eigenvalue weighted by Crippen LogP contribution is 2.54. The third kappa shape index (κ3) is 12.1. The number of ketones is 2. The molecule has 4 aliphatic heterocycles. The SMILES string of the molecule is CC1=C(C(=O)O)C(O)=CC2C(=O)c3c(O)c(O)c([C@H]4O[C@H](CO)C(O)C(O)C4O)c(O)c3C(=O)C12.Cc1ccc(-c2oc3c(O)c(O)cc(O)c3c(=O)c2O)cc1O.O=C(O)CCCCC1CCSS1.O=c1oc2c3c4c(cc2c2c1CCC2)CCCN4CCC3. The quantitative estimate of drug-likeness (QED) is 0.0231. The van der Waals surface area contributed by atoms with Gasteiger partial charge in [-0.25, -0.2) is 9.59 Å². The van der Waals surface area contributed by atoms with Crippen molar-refractivity contribution in [2.45, 2.75) is 127 Å². The Balaban J connectivity index is 0.000000141. The number of aliphatic hydroxyl groups is 5. The summed E-state index contributed by atoms with van der Waals surface area (Å²) in [6.45, 7) is 4.33. The highest BCUT2D eigenvalue weighted by atomic mass is 33.1. The van der Waals surface area contributed by atoms with E-state index in [2.05, 4.69) is 11.0 Å². The highest BCUT2D eigenvalue weighted by Gasteiger charge is 2.52. The number of carbonyl (C=O) groups is 4. The van der Waals surface area contributed by atoms with Crippen molar-refractivity contribution in [3.8, 4) is 57.3 Å². The largest absolute Gasteiger partial charge is 0.508 e. The number of aromatic hydroxyl groups is 8. The lowest BCUT2D eigenvalue weighted by Crippen LogP contribution is -2.55. The number of carboxylic acid groups (broad SMARTS) is 2. The Bertz CT molecular complexity index is 4140. The van der Waals surface area contributed by atoms with Crippen LogP contribution in [0.3, 0.4) is 0 Å². The van der Waals surface area contributed by atoms with E-state index in [1.54, 1.807) is 13.0 Å². The van der Waals surface area contributed by atoms with E-state index in [0.717, 1.165) is 80.2 Å². The molecule has 4 aromatic carbocycles. The molecule has 6 aromatic rings. The number of carbonyl (C=O) groups excluding carboxylic acids is 2. The first-order chi connectivity index (χ1) is 43.3. The maximum Gasteiger partial charge on any atom is 0.339 e. The molecule has 3 aliphatic carbocycles. The second kappa shape index (κ2) is 26.4. The van der Waals surface area contributed by atoms with E-state index in [9.17, 15) is 100 Å². The van der Waals surface area contributed by atoms with Crippen molar-refractivity contribution in [2.75, 3.05) is 30.3 Å². The number of ether oxygens (including phenoxy) is 1. The zero-order valence-corrected chi connectivity index (χ0v) is 50.7. The van der Waals surface area contributed by atoms with Crippen LogP contribution in [-0.4, -0.2) is 155 Å². The first-order valence-electron chi connectivity index (χ1n) is 29.4. The molecule has 7 aliphatic rings. The number of allylic oxidation sites excluding steroid dienone is 2. The summed E-state index contributed by atoms with van der Waals surface area (Å²) in [4.78, 5) is 75.4. The third-order valence-electron chi connectivity index (χ3n) is 17.6. The Morgan fingerprint density at radius 1 is 0.692 bits per heavy atom. The van der Waals surface area contributed by atoms with Gasteiger partial charge in [-0.1, -0.05) is 40.1 Å². The number of unbranched alkanes of at least 4 members (excludes halogenated alkanes) is 1. The molecule has 0 bridgehead atoms. The molecule has 91 heavy (non-hydrogen) atoms. The molecule has 15 N–H and O–H groups in total. The van der Waals surface area contributed by atoms with Crippen LogP contribution in [0.25, 0.3) is 33.3 Å². The number of rotatable bonds is 9. The van der Waals surface area contributed by atoms with E-state index in [1.807, 2.05) is 21.6 Å². The van der Waals surface area contributed by atoms with Gasteiger partial charge < -0.3 is 95.1 Å². The number of anilines is 1. The van der Waals surface area contributed by atoms with Crippen LogP contribution >= 0.6 is 21.6 Å². The van der Waals surface area contributed by atoms with Crippen molar-refractivity contribution in [3.05, 3.63) is 118 Å². The molecule has 0 spiro atoms. The van der Waals surface area contributed by atoms with E-state index in [4.69, 9.17) is 18.7 Å². The van der Waals surface area contributed by atoms with Crippen LogP contribution in [0.4, 0.5) is 5.69 Å². The van der Waals surface area contributed by atoms with E-state index in [1.165, 1.54) is 84.7 Å². The number of phenolic OH excluding ortho intramolecular Hbond substituents is 7. The predicted molar refractivity (Wildman–Crippen MR) is 330 cm³/mol. The lowest BCUT2D eigenvalue weighted by atomic mass is 9.66. The number of aliphatic hydroxyl groups excluding tert-OH is 5. The van der Waals surface area contributed by atoms with Crippen LogP contribution in [0.2, 0.25) is 0 Å². The summed E-state index contributed by atoms with van der Waals surface area (Å²) in [6, 6.07) is 7.43. The van der Waals surface area contributed by atoms with Crippen molar-refractivity contribution in [2.24, 2.45) is 11.8 Å². The molecular formula is C64H67NO24S2. The van der Waals surface area contributed by atoms with Gasteiger partial charge in [0.1, 0.15) is 70.1 Å². The standard InChI is InChI=1S/C22H22O13.C18H19NO2.C16H12O7.C8H14O2S2/c1-4-8-5(2-6(24)9(4)22(33)34)13(25)10-11(15(8)27)16(28)12(18(30)17(10)29)21-20(32)19(31)14(26)7(3-23)35-21;20-18-13-6-1-5-12(13)15-10-11-4-2-8-19-9-3-7-14(16(11)19)17(15)21-18;1-6-2-3-7(4-8(6)17)15-14(22)13(21)11-9(18)5-10(19)12(20)16(11)23-15;9-8(10)4-2-1-3-7-5-6-11-12-7/h2,5,7-8,14,19-21,23-24,26,28-32H,3H2,1H3,(H,33,34);10H,1-9H2;2-5,17-20,22H,1H3;7H,1-6H2,(H,9,10)/t5?,7-,8?,14?,19?,20?,21-;;;/m1.../s1. The van der Waals surface area contributed by atoms with Gasteiger partial charge in [0.25, 0.3) is 0 Å². The van der Waals surface area contributed by atoms with Gasteiger partial charge in [0, 0.05) is 64.3 Å². The molecule has 8 atom stereocenters. The lowest BCUT2D eigenvalue weighted by molar-refractivity contribution is -0.232. The van der Waals surface area contributed by atoms with Crippen molar-refractivity contribution >= 4 is 72.7 Å². The Hall–Kier alpha value is -8.44. The zero-order valence-electron chi connectivity index (χ0n) is 49.0. The molecule has 2 saturated heterocycles. The monoisotopic (exact) mass is 1300 g/mol. The fourth-order valence-corrected chi connectivity index (χ4v) is 16.1. The molecule has 0 amide bonds. The Morgan fingerprint density at radius 2 is 1.38 bits per heavy atom. The minimum atomic E-state index is -2.01. The van der Waals surface area contributed by atoms with E-state index in [-0.39, 0.29) is 28.3 Å². The Morgan fingerprint density at radius 3 is 2.05 bits per heavy atom. The molecule has 6 heterocycles. The molecule has 484 valence electrons. The van der Waals surface area contributed by atoms with Crippen molar-refractivity contribution in [1.82, 2.24) is 0 Å². The fourth-order valence-electron chi connectivity index (χ4n) is 13.0.